The van der Waals surface area contributed by atoms with Gasteiger partial charge in [0.25, 0.3) is 0 Å². The lowest BCUT2D eigenvalue weighted by molar-refractivity contribution is -0.189. The molecule has 2 aromatic rings. The molecule has 4 fully saturated rings. The van der Waals surface area contributed by atoms with Gasteiger partial charge in [-0.15, -0.1) is 0 Å². The van der Waals surface area contributed by atoms with E-state index >= 15 is 0 Å². The van der Waals surface area contributed by atoms with Crippen molar-refractivity contribution >= 4 is 18.5 Å². The van der Waals surface area contributed by atoms with Crippen LogP contribution in [0.15, 0.2) is 60.7 Å². The number of amides is 2. The Morgan fingerprint density at radius 1 is 0.739 bits per heavy atom. The smallest absolute Gasteiger partial charge is 0.407 e. The average molecular weight is 641 g/mol. The largest absolute Gasteiger partial charge is 0.445 e. The Balaban J connectivity index is 0.000000181. The number of alkyl carbamates (subject to hydrolysis) is 2. The molecule has 46 heavy (non-hydrogen) atoms. The molecule has 250 valence electrons. The van der Waals surface area contributed by atoms with E-state index in [4.69, 9.17) is 28.4 Å². The number of aldehydes is 1. The van der Waals surface area contributed by atoms with Crippen LogP contribution < -0.4 is 10.6 Å². The van der Waals surface area contributed by atoms with E-state index < -0.39 is 23.8 Å². The van der Waals surface area contributed by atoms with Gasteiger partial charge in [-0.25, -0.2) is 9.59 Å². The van der Waals surface area contributed by atoms with Gasteiger partial charge in [-0.3, -0.25) is 0 Å². The zero-order valence-corrected chi connectivity index (χ0v) is 26.0. The molecule has 12 nitrogen and oxygen atoms in total. The van der Waals surface area contributed by atoms with Gasteiger partial charge in [-0.1, -0.05) is 60.7 Å². The molecule has 2 spiro atoms. The Hall–Kier alpha value is -3.55. The average Bonchev–Trinajstić information content (AvgIpc) is 3.74. The quantitative estimate of drug-likeness (QED) is 0.363. The van der Waals surface area contributed by atoms with Crippen molar-refractivity contribution in [1.82, 2.24) is 10.6 Å². The number of aliphatic hydroxyl groups excluding tert-OH is 1. The lowest BCUT2D eigenvalue weighted by Gasteiger charge is -2.40. The number of carbonyl (C=O) groups excluding carboxylic acids is 3. The fourth-order valence-electron chi connectivity index (χ4n) is 6.45. The first kappa shape index (κ1) is 33.8. The second-order valence-electron chi connectivity index (χ2n) is 12.1. The molecule has 2 aromatic carbocycles. The molecule has 6 rings (SSSR count). The number of hydrogen-bond acceptors (Lipinski definition) is 10. The van der Waals surface area contributed by atoms with Crippen LogP contribution in [0.3, 0.4) is 0 Å². The first-order valence-electron chi connectivity index (χ1n) is 16.0. The number of aliphatic hydroxyl groups is 1. The summed E-state index contributed by atoms with van der Waals surface area (Å²) in [7, 11) is 0. The Morgan fingerprint density at radius 3 is 1.67 bits per heavy atom. The first-order chi connectivity index (χ1) is 22.4. The predicted molar refractivity (Wildman–Crippen MR) is 164 cm³/mol. The van der Waals surface area contributed by atoms with Crippen LogP contribution >= 0.6 is 0 Å². The third kappa shape index (κ3) is 9.26. The molecule has 0 unspecified atom stereocenters. The second-order valence-corrected chi connectivity index (χ2v) is 12.1. The molecule has 2 saturated heterocycles. The van der Waals surface area contributed by atoms with Crippen LogP contribution in [0.25, 0.3) is 0 Å². The van der Waals surface area contributed by atoms with Crippen molar-refractivity contribution < 1.29 is 47.9 Å². The second kappa shape index (κ2) is 16.3. The summed E-state index contributed by atoms with van der Waals surface area (Å²) in [5, 5.41) is 15.2. The van der Waals surface area contributed by atoms with Gasteiger partial charge in [0, 0.05) is 56.2 Å². The number of ether oxygens (including phenoxy) is 6. The van der Waals surface area contributed by atoms with Crippen molar-refractivity contribution in [3.8, 4) is 0 Å². The van der Waals surface area contributed by atoms with Gasteiger partial charge in [-0.2, -0.15) is 0 Å². The molecule has 3 N–H and O–H groups in total. The normalized spacial score (nSPS) is 26.0. The lowest BCUT2D eigenvalue weighted by Crippen LogP contribution is -2.51. The molecule has 0 aromatic heterocycles. The zero-order chi connectivity index (χ0) is 32.2. The standard InChI is InChI=1S/C17H23NO5.C17H21NO5/c2*19-11-14-6-7-17(22-8-9-23-17)10-15(14)18-16(20)21-12-13-4-2-1-3-5-13/h1-5,14-15,19H,6-12H2,(H,18,20);1-5,11,14-15H,6-10,12H2,(H,18,20)/t2*14-,15+/m00/s1. The highest BCUT2D eigenvalue weighted by Crippen LogP contribution is 2.39. The molecule has 4 atom stereocenters. The topological polar surface area (TPSA) is 151 Å². The van der Waals surface area contributed by atoms with Crippen LogP contribution in [0.1, 0.15) is 49.7 Å². The van der Waals surface area contributed by atoms with Crippen molar-refractivity contribution in [3.05, 3.63) is 71.8 Å². The molecule has 2 aliphatic heterocycles. The van der Waals surface area contributed by atoms with E-state index in [1.807, 2.05) is 60.7 Å². The van der Waals surface area contributed by atoms with Crippen molar-refractivity contribution in [1.29, 1.82) is 0 Å². The number of hydrogen-bond donors (Lipinski definition) is 3. The van der Waals surface area contributed by atoms with Crippen LogP contribution in [-0.2, 0) is 46.4 Å². The molecule has 4 aliphatic rings. The van der Waals surface area contributed by atoms with Crippen LogP contribution in [0.4, 0.5) is 9.59 Å². The van der Waals surface area contributed by atoms with Gasteiger partial charge in [0.15, 0.2) is 11.6 Å². The minimum absolute atomic E-state index is 0.00213. The molecule has 2 aliphatic carbocycles. The Kier molecular flexibility index (Phi) is 12.0. The summed E-state index contributed by atoms with van der Waals surface area (Å²) in [6.07, 6.45) is 3.70. The maximum absolute atomic E-state index is 12.1. The highest BCUT2D eigenvalue weighted by atomic mass is 16.7. The molecule has 2 amide bonds. The Bertz CT molecular complexity index is 1250. The van der Waals surface area contributed by atoms with Gasteiger partial charge >= 0.3 is 12.2 Å². The maximum atomic E-state index is 12.1. The highest BCUT2D eigenvalue weighted by molar-refractivity contribution is 5.69. The van der Waals surface area contributed by atoms with Gasteiger partial charge in [0.05, 0.1) is 26.4 Å². The SMILES string of the molecule is O=C(N[C@@H]1CC2(CC[C@H]1CO)OCCO2)OCc1ccccc1.O=C[C@@H]1CCC2(C[C@H]1NC(=O)OCc1ccccc1)OCCO2. The first-order valence-corrected chi connectivity index (χ1v) is 16.0. The van der Waals surface area contributed by atoms with Crippen molar-refractivity contribution in [2.75, 3.05) is 33.0 Å². The summed E-state index contributed by atoms with van der Waals surface area (Å²) < 4.78 is 33.3. The summed E-state index contributed by atoms with van der Waals surface area (Å²) in [5.41, 5.74) is 1.85. The fraction of sp³-hybridized carbons (Fsp3) is 0.559. The van der Waals surface area contributed by atoms with E-state index in [2.05, 4.69) is 10.6 Å². The number of benzene rings is 2. The third-order valence-electron chi connectivity index (χ3n) is 8.97. The van der Waals surface area contributed by atoms with E-state index in [0.717, 1.165) is 30.3 Å². The zero-order valence-electron chi connectivity index (χ0n) is 26.0. The van der Waals surface area contributed by atoms with Gasteiger partial charge in [-0.05, 0) is 24.0 Å². The van der Waals surface area contributed by atoms with E-state index in [0.29, 0.717) is 52.1 Å². The highest BCUT2D eigenvalue weighted by Gasteiger charge is 2.46. The molecule has 2 heterocycles. The van der Waals surface area contributed by atoms with Crippen LogP contribution in [-0.4, -0.2) is 80.3 Å². The fourth-order valence-corrected chi connectivity index (χ4v) is 6.45. The predicted octanol–water partition coefficient (Wildman–Crippen LogP) is 3.84. The van der Waals surface area contributed by atoms with E-state index in [-0.39, 0.29) is 43.7 Å². The van der Waals surface area contributed by atoms with E-state index in [1.54, 1.807) is 0 Å². The van der Waals surface area contributed by atoms with Crippen molar-refractivity contribution in [2.24, 2.45) is 11.8 Å². The van der Waals surface area contributed by atoms with Crippen molar-refractivity contribution in [3.63, 3.8) is 0 Å². The maximum Gasteiger partial charge on any atom is 0.407 e. The van der Waals surface area contributed by atoms with Crippen LogP contribution in [0.5, 0.6) is 0 Å². The van der Waals surface area contributed by atoms with Crippen LogP contribution in [0, 0.1) is 11.8 Å². The van der Waals surface area contributed by atoms with Crippen LogP contribution in [0.2, 0.25) is 0 Å². The molecule has 2 saturated carbocycles. The molecule has 12 heteroatoms. The minimum atomic E-state index is -0.656. The summed E-state index contributed by atoms with van der Waals surface area (Å²) in [6.45, 7) is 2.71. The van der Waals surface area contributed by atoms with Gasteiger partial charge in [0.2, 0.25) is 0 Å². The summed E-state index contributed by atoms with van der Waals surface area (Å²) in [4.78, 5) is 35.3. The summed E-state index contributed by atoms with van der Waals surface area (Å²) in [5.74, 6) is -1.50. The number of nitrogens with one attached hydrogen (secondary N) is 2. The molecule has 0 bridgehead atoms. The molecular formula is C34H44N2O10. The molecule has 0 radical (unpaired) electrons. The minimum Gasteiger partial charge on any atom is -0.445 e. The third-order valence-corrected chi connectivity index (χ3v) is 8.97. The number of rotatable bonds is 8. The monoisotopic (exact) mass is 640 g/mol. The Morgan fingerprint density at radius 2 is 1.20 bits per heavy atom. The summed E-state index contributed by atoms with van der Waals surface area (Å²) >= 11 is 0. The van der Waals surface area contributed by atoms with E-state index in [9.17, 15) is 19.5 Å². The van der Waals surface area contributed by atoms with E-state index in [1.165, 1.54) is 0 Å². The van der Waals surface area contributed by atoms with Gasteiger partial charge in [0.1, 0.15) is 19.5 Å². The van der Waals surface area contributed by atoms with Gasteiger partial charge < -0.3 is 49.0 Å². The lowest BCUT2D eigenvalue weighted by atomic mass is 9.81. The number of carbonyl (C=O) groups is 3. The molecular weight excluding hydrogens is 596 g/mol. The Labute approximate surface area is 269 Å². The van der Waals surface area contributed by atoms with Crippen molar-refractivity contribution in [2.45, 2.75) is 75.4 Å². The summed E-state index contributed by atoms with van der Waals surface area (Å²) in [6, 6.07) is 18.4.